The molecule has 164 valence electrons. The van der Waals surface area contributed by atoms with Gasteiger partial charge in [-0.1, -0.05) is 49.7 Å². The van der Waals surface area contributed by atoms with Crippen LogP contribution in [0.15, 0.2) is 47.4 Å². The van der Waals surface area contributed by atoms with Gasteiger partial charge < -0.3 is 0 Å². The van der Waals surface area contributed by atoms with Gasteiger partial charge in [-0.05, 0) is 55.7 Å². The number of hydrogen-bond donors (Lipinski definition) is 1. The zero-order valence-corrected chi connectivity index (χ0v) is 19.4. The van der Waals surface area contributed by atoms with Crippen molar-refractivity contribution in [2.24, 2.45) is 0 Å². The fourth-order valence-electron chi connectivity index (χ4n) is 4.22. The van der Waals surface area contributed by atoms with Crippen molar-refractivity contribution < 1.29 is 13.2 Å². The Hall–Kier alpha value is -2.29. The van der Waals surface area contributed by atoms with Crippen molar-refractivity contribution in [2.45, 2.75) is 56.9 Å². The third-order valence-electron chi connectivity index (χ3n) is 5.86. The summed E-state index contributed by atoms with van der Waals surface area (Å²) in [6, 6.07) is 12.2. The molecule has 0 saturated heterocycles. The van der Waals surface area contributed by atoms with Crippen molar-refractivity contribution in [1.29, 1.82) is 0 Å². The molecule has 3 aromatic rings. The highest BCUT2D eigenvalue weighted by atomic mass is 32.2. The smallest absolute Gasteiger partial charge is 0.257 e. The van der Waals surface area contributed by atoms with Crippen LogP contribution in [-0.2, 0) is 10.0 Å². The first-order valence-corrected chi connectivity index (χ1v) is 12.9. The van der Waals surface area contributed by atoms with Crippen LogP contribution >= 0.6 is 11.3 Å². The van der Waals surface area contributed by atoms with Crippen LogP contribution in [0.4, 0.5) is 5.13 Å². The van der Waals surface area contributed by atoms with Crippen LogP contribution < -0.4 is 5.32 Å². The van der Waals surface area contributed by atoms with Crippen molar-refractivity contribution in [3.63, 3.8) is 0 Å². The Balaban J connectivity index is 1.51. The van der Waals surface area contributed by atoms with Gasteiger partial charge in [-0.3, -0.25) is 10.1 Å². The molecule has 1 aliphatic carbocycles. The number of carbonyl (C=O) groups excluding carboxylic acids is 1. The SMILES string of the molecule is CCN(C1CCCCC1)S(=O)(=O)c1ccc(C(=O)Nc2nc3c(C)cccc3s2)cc1. The predicted molar refractivity (Wildman–Crippen MR) is 125 cm³/mol. The largest absolute Gasteiger partial charge is 0.298 e. The number of anilines is 1. The summed E-state index contributed by atoms with van der Waals surface area (Å²) in [5.41, 5.74) is 2.34. The molecule has 2 aromatic carbocycles. The number of fused-ring (bicyclic) bond motifs is 1. The molecule has 31 heavy (non-hydrogen) atoms. The number of nitrogens with zero attached hydrogens (tertiary/aromatic N) is 2. The molecule has 0 unspecified atom stereocenters. The molecule has 0 atom stereocenters. The molecule has 1 aromatic heterocycles. The van der Waals surface area contributed by atoms with E-state index >= 15 is 0 Å². The number of nitrogens with one attached hydrogen (secondary N) is 1. The van der Waals surface area contributed by atoms with Crippen LogP contribution in [0, 0.1) is 6.92 Å². The minimum Gasteiger partial charge on any atom is -0.298 e. The standard InChI is InChI=1S/C23H27N3O3S2/c1-3-26(18-9-5-4-6-10-18)31(28,29)19-14-12-17(13-15-19)22(27)25-23-24-21-16(2)8-7-11-20(21)30-23/h7-8,11-15,18H,3-6,9-10H2,1-2H3,(H,24,25,27). The number of rotatable bonds is 6. The second-order valence-electron chi connectivity index (χ2n) is 7.92. The Bertz CT molecular complexity index is 1180. The van der Waals surface area contributed by atoms with E-state index in [1.54, 1.807) is 16.4 Å². The summed E-state index contributed by atoms with van der Waals surface area (Å²) in [5.74, 6) is -0.305. The minimum atomic E-state index is -3.58. The van der Waals surface area contributed by atoms with E-state index in [0.717, 1.165) is 41.5 Å². The molecule has 1 saturated carbocycles. The number of benzene rings is 2. The lowest BCUT2D eigenvalue weighted by atomic mass is 9.95. The summed E-state index contributed by atoms with van der Waals surface area (Å²) in [4.78, 5) is 17.4. The first-order valence-electron chi connectivity index (χ1n) is 10.7. The van der Waals surface area contributed by atoms with Gasteiger partial charge in [0.05, 0.1) is 15.1 Å². The van der Waals surface area contributed by atoms with E-state index in [1.807, 2.05) is 32.0 Å². The van der Waals surface area contributed by atoms with Crippen LogP contribution in [0.3, 0.4) is 0 Å². The highest BCUT2D eigenvalue weighted by Gasteiger charge is 2.31. The Morgan fingerprint density at radius 1 is 1.13 bits per heavy atom. The normalized spacial score (nSPS) is 15.5. The van der Waals surface area contributed by atoms with E-state index in [1.165, 1.54) is 29.9 Å². The van der Waals surface area contributed by atoms with Gasteiger partial charge in [0.15, 0.2) is 5.13 Å². The lowest BCUT2D eigenvalue weighted by Crippen LogP contribution is -2.41. The van der Waals surface area contributed by atoms with Crippen LogP contribution in [-0.4, -0.2) is 36.2 Å². The van der Waals surface area contributed by atoms with Crippen molar-refractivity contribution in [2.75, 3.05) is 11.9 Å². The fraction of sp³-hybridized carbons (Fsp3) is 0.391. The Labute approximate surface area is 187 Å². The number of sulfonamides is 1. The zero-order chi connectivity index (χ0) is 22.0. The lowest BCUT2D eigenvalue weighted by Gasteiger charge is -2.32. The molecular formula is C23H27N3O3S2. The van der Waals surface area contributed by atoms with E-state index in [0.29, 0.717) is 17.2 Å². The van der Waals surface area contributed by atoms with E-state index in [4.69, 9.17) is 0 Å². The van der Waals surface area contributed by atoms with Gasteiger partial charge >= 0.3 is 0 Å². The topological polar surface area (TPSA) is 79.4 Å². The van der Waals surface area contributed by atoms with E-state index in [2.05, 4.69) is 10.3 Å². The number of thiazole rings is 1. The lowest BCUT2D eigenvalue weighted by molar-refractivity contribution is 0.102. The van der Waals surface area contributed by atoms with Crippen LogP contribution in [0.5, 0.6) is 0 Å². The van der Waals surface area contributed by atoms with Gasteiger partial charge in [0.1, 0.15) is 0 Å². The van der Waals surface area contributed by atoms with Gasteiger partial charge in [0, 0.05) is 18.2 Å². The molecule has 1 fully saturated rings. The molecule has 6 nitrogen and oxygen atoms in total. The van der Waals surface area contributed by atoms with E-state index in [9.17, 15) is 13.2 Å². The van der Waals surface area contributed by atoms with E-state index in [-0.39, 0.29) is 16.8 Å². The van der Waals surface area contributed by atoms with Crippen LogP contribution in [0.2, 0.25) is 0 Å². The monoisotopic (exact) mass is 457 g/mol. The molecule has 0 radical (unpaired) electrons. The van der Waals surface area contributed by atoms with Gasteiger partial charge in [0.2, 0.25) is 10.0 Å². The fourth-order valence-corrected chi connectivity index (χ4v) is 6.85. The molecule has 0 spiro atoms. The molecule has 1 amide bonds. The predicted octanol–water partition coefficient (Wildman–Crippen LogP) is 5.20. The molecule has 1 aliphatic rings. The maximum atomic E-state index is 13.2. The van der Waals surface area contributed by atoms with Gasteiger partial charge in [0.25, 0.3) is 5.91 Å². The average molecular weight is 458 g/mol. The van der Waals surface area contributed by atoms with Gasteiger partial charge in [-0.25, -0.2) is 13.4 Å². The second-order valence-corrected chi connectivity index (χ2v) is 10.8. The number of amides is 1. The highest BCUT2D eigenvalue weighted by molar-refractivity contribution is 7.89. The molecule has 0 aliphatic heterocycles. The molecule has 1 heterocycles. The average Bonchev–Trinajstić information content (AvgIpc) is 3.19. The summed E-state index contributed by atoms with van der Waals surface area (Å²) < 4.78 is 29.0. The number of aryl methyl sites for hydroxylation is 1. The number of carbonyl (C=O) groups is 1. The molecule has 8 heteroatoms. The summed E-state index contributed by atoms with van der Waals surface area (Å²) >= 11 is 1.42. The zero-order valence-electron chi connectivity index (χ0n) is 17.8. The van der Waals surface area contributed by atoms with Crippen molar-refractivity contribution in [3.05, 3.63) is 53.6 Å². The first kappa shape index (κ1) is 21.9. The molecule has 0 bridgehead atoms. The number of para-hydroxylation sites is 1. The van der Waals surface area contributed by atoms with Crippen molar-refractivity contribution in [1.82, 2.24) is 9.29 Å². The molecule has 4 rings (SSSR count). The minimum absolute atomic E-state index is 0.0641. The summed E-state index contributed by atoms with van der Waals surface area (Å²) in [6.45, 7) is 4.32. The molecule has 1 N–H and O–H groups in total. The van der Waals surface area contributed by atoms with Crippen molar-refractivity contribution in [3.8, 4) is 0 Å². The summed E-state index contributed by atoms with van der Waals surface area (Å²) in [7, 11) is -3.58. The number of hydrogen-bond acceptors (Lipinski definition) is 5. The first-order chi connectivity index (χ1) is 14.9. The third kappa shape index (κ3) is 4.51. The Morgan fingerprint density at radius 2 is 1.84 bits per heavy atom. The van der Waals surface area contributed by atoms with Gasteiger partial charge in [-0.15, -0.1) is 0 Å². The second kappa shape index (κ2) is 9.06. The summed E-state index contributed by atoms with van der Waals surface area (Å²) in [6.07, 6.45) is 5.14. The van der Waals surface area contributed by atoms with Gasteiger partial charge in [-0.2, -0.15) is 4.31 Å². The van der Waals surface area contributed by atoms with Crippen LogP contribution in [0.1, 0.15) is 54.9 Å². The quantitative estimate of drug-likeness (QED) is 0.552. The Morgan fingerprint density at radius 3 is 2.48 bits per heavy atom. The molecular weight excluding hydrogens is 430 g/mol. The third-order valence-corrected chi connectivity index (χ3v) is 8.84. The maximum Gasteiger partial charge on any atom is 0.257 e. The number of aromatic nitrogens is 1. The van der Waals surface area contributed by atoms with Crippen LogP contribution in [0.25, 0.3) is 10.2 Å². The Kier molecular flexibility index (Phi) is 6.41. The highest BCUT2D eigenvalue weighted by Crippen LogP contribution is 2.29. The van der Waals surface area contributed by atoms with E-state index < -0.39 is 10.0 Å². The van der Waals surface area contributed by atoms with Crippen molar-refractivity contribution >= 4 is 42.6 Å². The summed E-state index contributed by atoms with van der Waals surface area (Å²) in [5, 5.41) is 3.36. The maximum absolute atomic E-state index is 13.2.